The van der Waals surface area contributed by atoms with Gasteiger partial charge < -0.3 is 14.5 Å². The lowest BCUT2D eigenvalue weighted by atomic mass is 10.1. The number of hydrogen-bond acceptors (Lipinski definition) is 4. The molecule has 0 atom stereocenters. The molecule has 158 valence electrons. The van der Waals surface area contributed by atoms with Crippen LogP contribution in [0.15, 0.2) is 51.4 Å². The van der Waals surface area contributed by atoms with Gasteiger partial charge in [0.15, 0.2) is 5.58 Å². The Morgan fingerprint density at radius 3 is 2.52 bits per heavy atom. The molecular formula is C25H23BrN2O3. The van der Waals surface area contributed by atoms with Crippen molar-refractivity contribution in [3.8, 4) is 17.2 Å². The summed E-state index contributed by atoms with van der Waals surface area (Å²) in [4.78, 5) is 17.7. The van der Waals surface area contributed by atoms with Gasteiger partial charge in [0.25, 0.3) is 5.91 Å². The number of ether oxygens (including phenoxy) is 1. The Morgan fingerprint density at radius 1 is 1.00 bits per heavy atom. The Balaban J connectivity index is 1.71. The van der Waals surface area contributed by atoms with E-state index in [-0.39, 0.29) is 5.91 Å². The number of aromatic nitrogens is 1. The second kappa shape index (κ2) is 8.19. The molecule has 3 aromatic carbocycles. The topological polar surface area (TPSA) is 64.4 Å². The molecule has 0 aliphatic carbocycles. The number of oxazole rings is 1. The highest BCUT2D eigenvalue weighted by Gasteiger charge is 2.18. The Bertz CT molecular complexity index is 1320. The zero-order chi connectivity index (χ0) is 22.3. The minimum Gasteiger partial charge on any atom is -0.496 e. The van der Waals surface area contributed by atoms with E-state index in [4.69, 9.17) is 9.15 Å². The van der Waals surface area contributed by atoms with Crippen LogP contribution in [0.3, 0.4) is 0 Å². The van der Waals surface area contributed by atoms with Gasteiger partial charge in [-0.1, -0.05) is 28.1 Å². The van der Waals surface area contributed by atoms with Crippen LogP contribution in [-0.2, 0) is 0 Å². The number of hydrogen-bond donors (Lipinski definition) is 1. The molecule has 1 aromatic heterocycles. The molecule has 6 heteroatoms. The van der Waals surface area contributed by atoms with E-state index in [1.165, 1.54) is 0 Å². The lowest BCUT2D eigenvalue weighted by Crippen LogP contribution is -2.14. The van der Waals surface area contributed by atoms with E-state index in [0.717, 1.165) is 43.4 Å². The first-order valence-electron chi connectivity index (χ1n) is 9.91. The number of carbonyl (C=O) groups is 1. The number of anilines is 1. The molecule has 0 unspecified atom stereocenters. The lowest BCUT2D eigenvalue weighted by molar-refractivity contribution is 0.102. The van der Waals surface area contributed by atoms with Crippen LogP contribution < -0.4 is 10.1 Å². The Morgan fingerprint density at radius 2 is 1.77 bits per heavy atom. The van der Waals surface area contributed by atoms with E-state index < -0.39 is 0 Å². The van der Waals surface area contributed by atoms with Crippen LogP contribution in [-0.4, -0.2) is 18.0 Å². The summed E-state index contributed by atoms with van der Waals surface area (Å²) in [5.41, 5.74) is 7.56. The number of nitrogens with one attached hydrogen (secondary N) is 1. The monoisotopic (exact) mass is 478 g/mol. The third-order valence-corrected chi connectivity index (χ3v) is 5.70. The lowest BCUT2D eigenvalue weighted by Gasteiger charge is -2.14. The third-order valence-electron chi connectivity index (χ3n) is 5.24. The molecular weight excluding hydrogens is 456 g/mol. The second-order valence-corrected chi connectivity index (χ2v) is 8.65. The van der Waals surface area contributed by atoms with Gasteiger partial charge in [-0.3, -0.25) is 4.79 Å². The minimum atomic E-state index is -0.245. The number of amides is 1. The fourth-order valence-corrected chi connectivity index (χ4v) is 4.32. The predicted octanol–water partition coefficient (Wildman–Crippen LogP) is 6.75. The number of halogens is 1. The van der Waals surface area contributed by atoms with Crippen molar-refractivity contribution in [2.24, 2.45) is 0 Å². The molecule has 0 aliphatic rings. The number of nitrogens with zero attached hydrogens (tertiary/aromatic N) is 1. The number of fused-ring (bicyclic) bond motifs is 1. The van der Waals surface area contributed by atoms with Crippen LogP contribution in [0.25, 0.3) is 22.6 Å². The Labute approximate surface area is 189 Å². The van der Waals surface area contributed by atoms with Gasteiger partial charge in [-0.05, 0) is 80.3 Å². The molecule has 0 spiro atoms. The van der Waals surface area contributed by atoms with Gasteiger partial charge in [-0.15, -0.1) is 0 Å². The van der Waals surface area contributed by atoms with Gasteiger partial charge in [-0.25, -0.2) is 4.98 Å². The first-order valence-corrected chi connectivity index (χ1v) is 10.7. The van der Waals surface area contributed by atoms with Crippen LogP contribution in [0, 0.1) is 27.7 Å². The number of carbonyl (C=O) groups excluding carboxylic acids is 1. The van der Waals surface area contributed by atoms with Crippen molar-refractivity contribution < 1.29 is 13.9 Å². The highest BCUT2D eigenvalue weighted by Crippen LogP contribution is 2.32. The van der Waals surface area contributed by atoms with Gasteiger partial charge in [0, 0.05) is 15.7 Å². The summed E-state index contributed by atoms with van der Waals surface area (Å²) in [6.07, 6.45) is 0. The predicted molar refractivity (Wildman–Crippen MR) is 127 cm³/mol. The van der Waals surface area contributed by atoms with E-state index in [1.807, 2.05) is 58.0 Å². The van der Waals surface area contributed by atoms with Gasteiger partial charge in [-0.2, -0.15) is 0 Å². The minimum absolute atomic E-state index is 0.245. The maximum absolute atomic E-state index is 13.1. The number of methoxy groups -OCH3 is 1. The summed E-state index contributed by atoms with van der Waals surface area (Å²) in [7, 11) is 1.57. The van der Waals surface area contributed by atoms with Crippen LogP contribution >= 0.6 is 15.9 Å². The van der Waals surface area contributed by atoms with Crippen molar-refractivity contribution in [2.45, 2.75) is 27.7 Å². The number of rotatable bonds is 4. The first-order chi connectivity index (χ1) is 14.8. The van der Waals surface area contributed by atoms with Gasteiger partial charge in [0.2, 0.25) is 5.89 Å². The molecule has 0 bridgehead atoms. The summed E-state index contributed by atoms with van der Waals surface area (Å²) >= 11 is 3.46. The SMILES string of the molecule is COc1c(C)cc(Br)cc1C(=O)Nc1cc(-c2nc3cc(C)cc(C)c3o2)ccc1C. The van der Waals surface area contributed by atoms with Gasteiger partial charge >= 0.3 is 0 Å². The molecule has 5 nitrogen and oxygen atoms in total. The first kappa shape index (κ1) is 21.1. The van der Waals surface area contributed by atoms with Crippen molar-refractivity contribution >= 4 is 38.6 Å². The molecule has 31 heavy (non-hydrogen) atoms. The number of benzene rings is 3. The van der Waals surface area contributed by atoms with Crippen LogP contribution in [0.5, 0.6) is 5.75 Å². The number of aryl methyl sites for hydroxylation is 4. The third kappa shape index (κ3) is 4.08. The van der Waals surface area contributed by atoms with E-state index in [2.05, 4.69) is 32.3 Å². The van der Waals surface area contributed by atoms with Crippen LogP contribution in [0.1, 0.15) is 32.6 Å². The summed E-state index contributed by atoms with van der Waals surface area (Å²) in [5, 5.41) is 3.01. The zero-order valence-electron chi connectivity index (χ0n) is 18.1. The molecule has 1 amide bonds. The quantitative estimate of drug-likeness (QED) is 0.352. The van der Waals surface area contributed by atoms with Crippen LogP contribution in [0.4, 0.5) is 5.69 Å². The molecule has 1 heterocycles. The Hall–Kier alpha value is -3.12. The largest absolute Gasteiger partial charge is 0.496 e. The normalized spacial score (nSPS) is 11.0. The molecule has 0 saturated carbocycles. The van der Waals surface area contributed by atoms with Crippen molar-refractivity contribution in [1.29, 1.82) is 0 Å². The summed E-state index contributed by atoms with van der Waals surface area (Å²) in [6, 6.07) is 13.5. The zero-order valence-corrected chi connectivity index (χ0v) is 19.7. The maximum atomic E-state index is 13.1. The fourth-order valence-electron chi connectivity index (χ4n) is 3.75. The van der Waals surface area contributed by atoms with Crippen molar-refractivity contribution in [1.82, 2.24) is 4.98 Å². The maximum Gasteiger partial charge on any atom is 0.259 e. The van der Waals surface area contributed by atoms with E-state index >= 15 is 0 Å². The summed E-state index contributed by atoms with van der Waals surface area (Å²) in [6.45, 7) is 7.90. The molecule has 4 rings (SSSR count). The highest BCUT2D eigenvalue weighted by molar-refractivity contribution is 9.10. The van der Waals surface area contributed by atoms with E-state index in [9.17, 15) is 4.79 Å². The molecule has 0 saturated heterocycles. The molecule has 0 aliphatic heterocycles. The summed E-state index contributed by atoms with van der Waals surface area (Å²) in [5.74, 6) is 0.833. The van der Waals surface area contributed by atoms with E-state index in [0.29, 0.717) is 22.9 Å². The van der Waals surface area contributed by atoms with Gasteiger partial charge in [0.1, 0.15) is 11.3 Å². The second-order valence-electron chi connectivity index (χ2n) is 7.74. The van der Waals surface area contributed by atoms with E-state index in [1.54, 1.807) is 13.2 Å². The molecule has 0 radical (unpaired) electrons. The highest BCUT2D eigenvalue weighted by atomic mass is 79.9. The average Bonchev–Trinajstić information content (AvgIpc) is 3.13. The summed E-state index contributed by atoms with van der Waals surface area (Å²) < 4.78 is 12.3. The fraction of sp³-hybridized carbons (Fsp3) is 0.200. The molecule has 4 aromatic rings. The molecule has 0 fully saturated rings. The van der Waals surface area contributed by atoms with Crippen LogP contribution in [0.2, 0.25) is 0 Å². The van der Waals surface area contributed by atoms with Crippen molar-refractivity contribution in [3.05, 3.63) is 74.8 Å². The smallest absolute Gasteiger partial charge is 0.259 e. The Kier molecular flexibility index (Phi) is 5.58. The van der Waals surface area contributed by atoms with Gasteiger partial charge in [0.05, 0.1) is 12.7 Å². The van der Waals surface area contributed by atoms with Crippen molar-refractivity contribution in [2.75, 3.05) is 12.4 Å². The molecule has 1 N–H and O–H groups in total. The standard InChI is InChI=1S/C25H23BrN2O3/c1-13-8-15(3)23-21(9-13)28-25(31-23)17-7-6-14(2)20(11-17)27-24(29)19-12-18(26)10-16(4)22(19)30-5/h6-12H,1-5H3,(H,27,29). The average molecular weight is 479 g/mol. The van der Waals surface area contributed by atoms with Crippen molar-refractivity contribution in [3.63, 3.8) is 0 Å².